The van der Waals surface area contributed by atoms with Gasteiger partial charge in [-0.05, 0) is 5.41 Å². The van der Waals surface area contributed by atoms with Crippen LogP contribution in [-0.4, -0.2) is 76.5 Å². The molecule has 2 rings (SSSR count). The molecular formula is C14H23N3O4. The van der Waals surface area contributed by atoms with Gasteiger partial charge in [0.2, 0.25) is 5.91 Å². The van der Waals surface area contributed by atoms with Crippen LogP contribution in [0.25, 0.3) is 0 Å². The lowest BCUT2D eigenvalue weighted by Crippen LogP contribution is -2.55. The number of piperazine rings is 1. The summed E-state index contributed by atoms with van der Waals surface area (Å²) < 4.78 is 0. The van der Waals surface area contributed by atoms with E-state index in [2.05, 4.69) is 0 Å². The molecule has 0 spiro atoms. The first kappa shape index (κ1) is 15.8. The number of rotatable bonds is 3. The van der Waals surface area contributed by atoms with Gasteiger partial charge < -0.3 is 14.9 Å². The van der Waals surface area contributed by atoms with E-state index in [-0.39, 0.29) is 43.0 Å². The standard InChI is InChI=1S/C14H23N3O4/c1-14(2,3)8-11(19)15-4-5-16-10(9-15)12(20)17(6-7-18)13(16)21/h10,18H,4-9H2,1-3H3. The first-order chi connectivity index (χ1) is 9.74. The van der Waals surface area contributed by atoms with Gasteiger partial charge in [-0.25, -0.2) is 4.79 Å². The minimum Gasteiger partial charge on any atom is -0.395 e. The number of hydrogen-bond donors (Lipinski definition) is 1. The van der Waals surface area contributed by atoms with Gasteiger partial charge in [-0.3, -0.25) is 14.5 Å². The Morgan fingerprint density at radius 3 is 2.52 bits per heavy atom. The van der Waals surface area contributed by atoms with Crippen molar-refractivity contribution in [1.29, 1.82) is 0 Å². The third-order valence-electron chi connectivity index (χ3n) is 3.77. The molecule has 0 aromatic heterocycles. The lowest BCUT2D eigenvalue weighted by Gasteiger charge is -2.36. The van der Waals surface area contributed by atoms with Gasteiger partial charge in [-0.1, -0.05) is 20.8 Å². The summed E-state index contributed by atoms with van der Waals surface area (Å²) in [5.41, 5.74) is -0.105. The Morgan fingerprint density at radius 2 is 1.95 bits per heavy atom. The zero-order chi connectivity index (χ0) is 15.8. The highest BCUT2D eigenvalue weighted by Gasteiger charge is 2.48. The van der Waals surface area contributed by atoms with Crippen LogP contribution in [0.1, 0.15) is 27.2 Å². The Balaban J connectivity index is 2.05. The van der Waals surface area contributed by atoms with Crippen LogP contribution in [0.4, 0.5) is 4.79 Å². The van der Waals surface area contributed by atoms with Crippen molar-refractivity contribution >= 4 is 17.8 Å². The van der Waals surface area contributed by atoms with E-state index in [9.17, 15) is 14.4 Å². The fourth-order valence-electron chi connectivity index (χ4n) is 2.75. The van der Waals surface area contributed by atoms with Gasteiger partial charge in [-0.2, -0.15) is 0 Å². The molecule has 0 saturated carbocycles. The molecule has 0 aliphatic carbocycles. The first-order valence-corrected chi connectivity index (χ1v) is 7.25. The highest BCUT2D eigenvalue weighted by Crippen LogP contribution is 2.25. The lowest BCUT2D eigenvalue weighted by molar-refractivity contribution is -0.137. The molecule has 0 bridgehead atoms. The van der Waals surface area contributed by atoms with Crippen molar-refractivity contribution < 1.29 is 19.5 Å². The second kappa shape index (κ2) is 5.63. The summed E-state index contributed by atoms with van der Waals surface area (Å²) in [6.07, 6.45) is 0.419. The van der Waals surface area contributed by atoms with Crippen molar-refractivity contribution in [3.63, 3.8) is 0 Å². The minimum atomic E-state index is -0.596. The summed E-state index contributed by atoms with van der Waals surface area (Å²) in [6.45, 7) is 6.83. The summed E-state index contributed by atoms with van der Waals surface area (Å²) in [5.74, 6) is -0.301. The summed E-state index contributed by atoms with van der Waals surface area (Å²) in [5, 5.41) is 8.93. The number of carbonyl (C=O) groups excluding carboxylic acids is 3. The van der Waals surface area contributed by atoms with E-state index in [4.69, 9.17) is 5.11 Å². The maximum absolute atomic E-state index is 12.3. The number of β-amino-alcohol motifs (C(OH)–C–C–N with tert-alkyl or cyclic N) is 1. The van der Waals surface area contributed by atoms with E-state index < -0.39 is 6.04 Å². The van der Waals surface area contributed by atoms with Gasteiger partial charge in [0.25, 0.3) is 5.91 Å². The monoisotopic (exact) mass is 297 g/mol. The molecule has 1 atom stereocenters. The smallest absolute Gasteiger partial charge is 0.327 e. The Kier molecular flexibility index (Phi) is 4.22. The topological polar surface area (TPSA) is 81.2 Å². The highest BCUT2D eigenvalue weighted by atomic mass is 16.3. The molecule has 2 fully saturated rings. The maximum Gasteiger partial charge on any atom is 0.327 e. The highest BCUT2D eigenvalue weighted by molar-refractivity contribution is 6.04. The average Bonchev–Trinajstić information content (AvgIpc) is 2.62. The Hall–Kier alpha value is -1.63. The van der Waals surface area contributed by atoms with E-state index in [1.807, 2.05) is 20.8 Å². The number of amides is 4. The van der Waals surface area contributed by atoms with Crippen LogP contribution in [0.3, 0.4) is 0 Å². The molecule has 0 aromatic rings. The molecule has 1 N–H and O–H groups in total. The Labute approximate surface area is 124 Å². The number of aliphatic hydroxyl groups is 1. The van der Waals surface area contributed by atoms with Gasteiger partial charge in [-0.15, -0.1) is 0 Å². The summed E-state index contributed by atoms with van der Waals surface area (Å²) in [4.78, 5) is 40.8. The van der Waals surface area contributed by atoms with Crippen molar-refractivity contribution in [2.24, 2.45) is 5.41 Å². The number of fused-ring (bicyclic) bond motifs is 1. The van der Waals surface area contributed by atoms with E-state index >= 15 is 0 Å². The van der Waals surface area contributed by atoms with Crippen molar-refractivity contribution in [2.45, 2.75) is 33.2 Å². The summed E-state index contributed by atoms with van der Waals surface area (Å²) in [6, 6.07) is -0.955. The molecule has 7 heteroatoms. The van der Waals surface area contributed by atoms with Crippen LogP contribution in [0.15, 0.2) is 0 Å². The third-order valence-corrected chi connectivity index (χ3v) is 3.77. The number of urea groups is 1. The number of carbonyl (C=O) groups is 3. The summed E-state index contributed by atoms with van der Waals surface area (Å²) in [7, 11) is 0. The zero-order valence-corrected chi connectivity index (χ0v) is 12.8. The second-order valence-electron chi connectivity index (χ2n) is 6.78. The van der Waals surface area contributed by atoms with Gasteiger partial charge in [0.1, 0.15) is 6.04 Å². The molecule has 118 valence electrons. The minimum absolute atomic E-state index is 0.0145. The van der Waals surface area contributed by atoms with Gasteiger partial charge in [0.15, 0.2) is 0 Å². The van der Waals surface area contributed by atoms with Crippen LogP contribution in [0, 0.1) is 5.41 Å². The normalized spacial score (nSPS) is 22.9. The fourth-order valence-corrected chi connectivity index (χ4v) is 2.75. The molecule has 2 saturated heterocycles. The molecule has 1 unspecified atom stereocenters. The van der Waals surface area contributed by atoms with E-state index in [1.165, 1.54) is 4.90 Å². The number of nitrogens with zero attached hydrogens (tertiary/aromatic N) is 3. The van der Waals surface area contributed by atoms with Gasteiger partial charge >= 0.3 is 6.03 Å². The zero-order valence-electron chi connectivity index (χ0n) is 12.8. The van der Waals surface area contributed by atoms with Crippen molar-refractivity contribution in [3.8, 4) is 0 Å². The lowest BCUT2D eigenvalue weighted by atomic mass is 9.91. The van der Waals surface area contributed by atoms with Crippen molar-refractivity contribution in [3.05, 3.63) is 0 Å². The number of aliphatic hydroxyl groups excluding tert-OH is 1. The van der Waals surface area contributed by atoms with Crippen LogP contribution in [-0.2, 0) is 9.59 Å². The molecule has 7 nitrogen and oxygen atoms in total. The first-order valence-electron chi connectivity index (χ1n) is 7.25. The average molecular weight is 297 g/mol. The molecule has 4 amide bonds. The van der Waals surface area contributed by atoms with Crippen LogP contribution in [0.5, 0.6) is 0 Å². The molecular weight excluding hydrogens is 274 g/mol. The van der Waals surface area contributed by atoms with Crippen LogP contribution >= 0.6 is 0 Å². The van der Waals surface area contributed by atoms with Crippen LogP contribution < -0.4 is 0 Å². The number of imide groups is 1. The van der Waals surface area contributed by atoms with Gasteiger partial charge in [0.05, 0.1) is 19.7 Å². The predicted octanol–water partition coefficient (Wildman–Crippen LogP) is -0.110. The fraction of sp³-hybridized carbons (Fsp3) is 0.786. The summed E-state index contributed by atoms with van der Waals surface area (Å²) >= 11 is 0. The number of hydrogen-bond acceptors (Lipinski definition) is 4. The Bertz CT molecular complexity index is 458. The molecule has 0 radical (unpaired) electrons. The van der Waals surface area contributed by atoms with Gasteiger partial charge in [0, 0.05) is 19.5 Å². The SMILES string of the molecule is CC(C)(C)CC(=O)N1CCN2C(=O)N(CCO)C(=O)C2C1. The molecule has 0 aromatic carbocycles. The molecule has 2 heterocycles. The second-order valence-corrected chi connectivity index (χ2v) is 6.78. The van der Waals surface area contributed by atoms with E-state index in [0.717, 1.165) is 4.90 Å². The van der Waals surface area contributed by atoms with Crippen molar-refractivity contribution in [1.82, 2.24) is 14.7 Å². The molecule has 21 heavy (non-hydrogen) atoms. The Morgan fingerprint density at radius 1 is 1.29 bits per heavy atom. The van der Waals surface area contributed by atoms with Crippen molar-refractivity contribution in [2.75, 3.05) is 32.8 Å². The van der Waals surface area contributed by atoms with E-state index in [1.54, 1.807) is 4.90 Å². The third kappa shape index (κ3) is 3.18. The molecule has 2 aliphatic heterocycles. The largest absolute Gasteiger partial charge is 0.395 e. The predicted molar refractivity (Wildman–Crippen MR) is 75.3 cm³/mol. The van der Waals surface area contributed by atoms with E-state index in [0.29, 0.717) is 19.5 Å². The van der Waals surface area contributed by atoms with Crippen LogP contribution in [0.2, 0.25) is 0 Å². The quantitative estimate of drug-likeness (QED) is 0.737. The molecule has 2 aliphatic rings. The maximum atomic E-state index is 12.3.